The Morgan fingerprint density at radius 3 is 2.83 bits per heavy atom. The van der Waals surface area contributed by atoms with E-state index < -0.39 is 11.2 Å². The lowest BCUT2D eigenvalue weighted by atomic mass is 9.93. The Kier molecular flexibility index (Phi) is 7.16. The van der Waals surface area contributed by atoms with Gasteiger partial charge in [-0.3, -0.25) is 4.79 Å². The monoisotopic (exact) mass is 324 g/mol. The zero-order valence-corrected chi connectivity index (χ0v) is 14.1. The molecule has 1 atom stereocenters. The minimum atomic E-state index is -0.557. The fourth-order valence-electron chi connectivity index (χ4n) is 1.96. The summed E-state index contributed by atoms with van der Waals surface area (Å²) >= 11 is 0. The summed E-state index contributed by atoms with van der Waals surface area (Å²) in [4.78, 5) is 11.3. The van der Waals surface area contributed by atoms with Crippen molar-refractivity contribution >= 4 is 11.6 Å². The van der Waals surface area contributed by atoms with Gasteiger partial charge in [-0.15, -0.1) is 0 Å². The summed E-state index contributed by atoms with van der Waals surface area (Å²) in [5.41, 5.74) is 3.20. The van der Waals surface area contributed by atoms with Crippen molar-refractivity contribution in [3.63, 3.8) is 0 Å². The summed E-state index contributed by atoms with van der Waals surface area (Å²) in [5, 5.41) is 13.2. The van der Waals surface area contributed by atoms with Crippen LogP contribution in [0.4, 0.5) is 4.39 Å². The largest absolute Gasteiger partial charge is 0.497 e. The zero-order chi connectivity index (χ0) is 17.5. The van der Waals surface area contributed by atoms with Crippen LogP contribution < -0.4 is 5.43 Å². The summed E-state index contributed by atoms with van der Waals surface area (Å²) in [6, 6.07) is 0. The standard InChI is InChI=1S/C17H25FN2O3/c1-5-6-13(16-12(2)7-15(22)19-20-16)8-14(18)9-23-11-17(3,4)10-21/h5-6,8-9,12,21H,7,10-11H2,1-4H3,(H,19,22)/b6-5+,13-8+,14-9-/t12-/m1/s1. The average molecular weight is 324 g/mol. The minimum absolute atomic E-state index is 0.0455. The van der Waals surface area contributed by atoms with E-state index in [1.54, 1.807) is 12.2 Å². The molecule has 0 aliphatic carbocycles. The summed E-state index contributed by atoms with van der Waals surface area (Å²) in [7, 11) is 0. The Balaban J connectivity index is 2.88. The van der Waals surface area contributed by atoms with Gasteiger partial charge in [0.2, 0.25) is 5.91 Å². The van der Waals surface area contributed by atoms with Gasteiger partial charge in [-0.05, 0) is 13.0 Å². The second kappa shape index (κ2) is 8.62. The normalized spacial score (nSPS) is 20.5. The number of nitrogens with one attached hydrogen (secondary N) is 1. The molecule has 0 bridgehead atoms. The molecule has 0 saturated heterocycles. The molecule has 1 rings (SSSR count). The molecule has 128 valence electrons. The number of aliphatic hydroxyl groups is 1. The van der Waals surface area contributed by atoms with Crippen LogP contribution in [-0.2, 0) is 9.53 Å². The molecule has 0 saturated carbocycles. The second-order valence-corrected chi connectivity index (χ2v) is 6.37. The average Bonchev–Trinajstić information content (AvgIpc) is 2.46. The highest BCUT2D eigenvalue weighted by molar-refractivity contribution is 6.07. The molecule has 2 N–H and O–H groups in total. The quantitative estimate of drug-likeness (QED) is 0.559. The first-order chi connectivity index (χ1) is 10.8. The summed E-state index contributed by atoms with van der Waals surface area (Å²) in [6.45, 7) is 7.49. The Labute approximate surface area is 136 Å². The first kappa shape index (κ1) is 19.1. The number of carbonyl (C=O) groups excluding carboxylic acids is 1. The summed E-state index contributed by atoms with van der Waals surface area (Å²) < 4.78 is 19.2. The van der Waals surface area contributed by atoms with E-state index in [4.69, 9.17) is 9.84 Å². The first-order valence-electron chi connectivity index (χ1n) is 7.58. The molecule has 1 heterocycles. The van der Waals surface area contributed by atoms with Gasteiger partial charge in [-0.2, -0.15) is 5.10 Å². The highest BCUT2D eigenvalue weighted by Crippen LogP contribution is 2.19. The predicted octanol–water partition coefficient (Wildman–Crippen LogP) is 2.85. The molecule has 1 aliphatic rings. The highest BCUT2D eigenvalue weighted by Gasteiger charge is 2.22. The maximum absolute atomic E-state index is 14.0. The lowest BCUT2D eigenvalue weighted by Gasteiger charge is -2.20. The van der Waals surface area contributed by atoms with Gasteiger partial charge >= 0.3 is 0 Å². The van der Waals surface area contributed by atoms with E-state index in [9.17, 15) is 9.18 Å². The highest BCUT2D eigenvalue weighted by atomic mass is 19.1. The van der Waals surface area contributed by atoms with Gasteiger partial charge in [-0.1, -0.05) is 32.9 Å². The van der Waals surface area contributed by atoms with E-state index in [0.717, 1.165) is 6.26 Å². The first-order valence-corrected chi connectivity index (χ1v) is 7.58. The van der Waals surface area contributed by atoms with Crippen molar-refractivity contribution in [3.05, 3.63) is 35.9 Å². The van der Waals surface area contributed by atoms with E-state index in [2.05, 4.69) is 10.5 Å². The molecule has 5 nitrogen and oxygen atoms in total. The van der Waals surface area contributed by atoms with Crippen molar-refractivity contribution in [1.82, 2.24) is 5.43 Å². The third-order valence-electron chi connectivity index (χ3n) is 3.29. The fourth-order valence-corrected chi connectivity index (χ4v) is 1.96. The Morgan fingerprint density at radius 1 is 1.57 bits per heavy atom. The van der Waals surface area contributed by atoms with E-state index in [0.29, 0.717) is 17.7 Å². The Bertz CT molecular complexity index is 548. The van der Waals surface area contributed by atoms with Gasteiger partial charge in [0.1, 0.15) is 6.26 Å². The molecule has 0 aromatic rings. The van der Waals surface area contributed by atoms with Crippen molar-refractivity contribution in [3.8, 4) is 0 Å². The maximum Gasteiger partial charge on any atom is 0.240 e. The summed E-state index contributed by atoms with van der Waals surface area (Å²) in [6.07, 6.45) is 6.17. The van der Waals surface area contributed by atoms with Gasteiger partial charge in [0.15, 0.2) is 5.83 Å². The van der Waals surface area contributed by atoms with Crippen LogP contribution in [0.2, 0.25) is 0 Å². The topological polar surface area (TPSA) is 70.9 Å². The molecular formula is C17H25FN2O3. The SMILES string of the molecule is C/C=C/C(=C\C(F)=C\OCC(C)(C)CO)C1=NNC(=O)C[C@H]1C. The fraction of sp³-hybridized carbons (Fsp3) is 0.529. The van der Waals surface area contributed by atoms with Crippen LogP contribution in [0.15, 0.2) is 41.0 Å². The summed E-state index contributed by atoms with van der Waals surface area (Å²) in [5.74, 6) is -0.793. The number of aliphatic hydroxyl groups excluding tert-OH is 1. The number of carbonyl (C=O) groups is 1. The zero-order valence-electron chi connectivity index (χ0n) is 14.1. The Hall–Kier alpha value is -1.95. The van der Waals surface area contributed by atoms with Crippen molar-refractivity contribution in [2.24, 2.45) is 16.4 Å². The predicted molar refractivity (Wildman–Crippen MR) is 88.3 cm³/mol. The van der Waals surface area contributed by atoms with Crippen LogP contribution in [0.25, 0.3) is 0 Å². The number of amides is 1. The second-order valence-electron chi connectivity index (χ2n) is 6.37. The van der Waals surface area contributed by atoms with Gasteiger partial charge in [0, 0.05) is 23.3 Å². The van der Waals surface area contributed by atoms with Gasteiger partial charge in [-0.25, -0.2) is 9.82 Å². The van der Waals surface area contributed by atoms with E-state index in [1.807, 2.05) is 27.7 Å². The van der Waals surface area contributed by atoms with E-state index in [-0.39, 0.29) is 25.0 Å². The van der Waals surface area contributed by atoms with Crippen molar-refractivity contribution in [1.29, 1.82) is 0 Å². The van der Waals surface area contributed by atoms with Crippen LogP contribution in [0.1, 0.15) is 34.1 Å². The van der Waals surface area contributed by atoms with E-state index in [1.165, 1.54) is 6.08 Å². The number of rotatable bonds is 7. The number of hydrogen-bond donors (Lipinski definition) is 2. The maximum atomic E-state index is 14.0. The van der Waals surface area contributed by atoms with Crippen LogP contribution in [0, 0.1) is 11.3 Å². The minimum Gasteiger partial charge on any atom is -0.497 e. The van der Waals surface area contributed by atoms with Crippen LogP contribution in [0.3, 0.4) is 0 Å². The van der Waals surface area contributed by atoms with Gasteiger partial charge in [0.25, 0.3) is 0 Å². The van der Waals surface area contributed by atoms with Crippen molar-refractivity contribution in [2.45, 2.75) is 34.1 Å². The molecule has 0 aromatic carbocycles. The molecule has 1 amide bonds. The number of nitrogens with zero attached hydrogens (tertiary/aromatic N) is 1. The number of hydrogen-bond acceptors (Lipinski definition) is 4. The number of allylic oxidation sites excluding steroid dienone is 5. The molecule has 0 fully saturated rings. The molecule has 0 spiro atoms. The van der Waals surface area contributed by atoms with Crippen LogP contribution in [-0.4, -0.2) is 29.9 Å². The molecule has 0 radical (unpaired) electrons. The lowest BCUT2D eigenvalue weighted by molar-refractivity contribution is -0.121. The molecule has 0 aromatic heterocycles. The molecule has 23 heavy (non-hydrogen) atoms. The molecule has 0 unspecified atom stereocenters. The third-order valence-corrected chi connectivity index (χ3v) is 3.29. The Morgan fingerprint density at radius 2 is 2.26 bits per heavy atom. The van der Waals surface area contributed by atoms with Crippen molar-refractivity contribution in [2.75, 3.05) is 13.2 Å². The van der Waals surface area contributed by atoms with Crippen LogP contribution >= 0.6 is 0 Å². The number of hydrazone groups is 1. The lowest BCUT2D eigenvalue weighted by Crippen LogP contribution is -2.32. The van der Waals surface area contributed by atoms with Crippen molar-refractivity contribution < 1.29 is 19.0 Å². The third kappa shape index (κ3) is 6.36. The van der Waals surface area contributed by atoms with Gasteiger partial charge in [0.05, 0.1) is 18.9 Å². The van der Waals surface area contributed by atoms with E-state index >= 15 is 0 Å². The smallest absolute Gasteiger partial charge is 0.240 e. The molecule has 1 aliphatic heterocycles. The molecular weight excluding hydrogens is 299 g/mol. The van der Waals surface area contributed by atoms with Gasteiger partial charge < -0.3 is 9.84 Å². The molecule has 6 heteroatoms. The number of halogens is 1. The number of ether oxygens (including phenoxy) is 1. The van der Waals surface area contributed by atoms with Crippen LogP contribution in [0.5, 0.6) is 0 Å².